The fraction of sp³-hybridized carbons (Fsp3) is 0.600. The number of ether oxygens (including phenoxy) is 1. The first kappa shape index (κ1) is 13.4. The lowest BCUT2D eigenvalue weighted by molar-refractivity contribution is 0.0806. The summed E-state index contributed by atoms with van der Waals surface area (Å²) in [4.78, 5) is 0. The molecule has 1 aliphatic rings. The van der Waals surface area contributed by atoms with Gasteiger partial charge in [0.1, 0.15) is 0 Å². The van der Waals surface area contributed by atoms with Gasteiger partial charge in [0.05, 0.1) is 13.2 Å². The summed E-state index contributed by atoms with van der Waals surface area (Å²) in [6, 6.07) is 8.96. The van der Waals surface area contributed by atoms with Crippen LogP contribution < -0.4 is 10.6 Å². The summed E-state index contributed by atoms with van der Waals surface area (Å²) in [6.07, 6.45) is 0. The minimum absolute atomic E-state index is 0.167. The molecular weight excluding hydrogens is 224 g/mol. The first-order chi connectivity index (χ1) is 8.57. The quantitative estimate of drug-likeness (QED) is 0.861. The van der Waals surface area contributed by atoms with Crippen molar-refractivity contribution in [1.29, 1.82) is 0 Å². The second-order valence-electron chi connectivity index (χ2n) is 5.90. The van der Waals surface area contributed by atoms with Gasteiger partial charge in [-0.05, 0) is 17.0 Å². The van der Waals surface area contributed by atoms with E-state index in [0.29, 0.717) is 6.04 Å². The Morgan fingerprint density at radius 1 is 1.33 bits per heavy atom. The molecule has 3 heteroatoms. The van der Waals surface area contributed by atoms with E-state index in [1.54, 1.807) is 0 Å². The summed E-state index contributed by atoms with van der Waals surface area (Å²) >= 11 is 0. The van der Waals surface area contributed by atoms with Gasteiger partial charge in [0.2, 0.25) is 0 Å². The Kier molecular flexibility index (Phi) is 4.25. The Morgan fingerprint density at radius 2 is 2.11 bits per heavy atom. The van der Waals surface area contributed by atoms with Crippen LogP contribution in [0, 0.1) is 0 Å². The van der Waals surface area contributed by atoms with E-state index in [2.05, 4.69) is 55.7 Å². The molecule has 1 aliphatic heterocycles. The Labute approximate surface area is 110 Å². The summed E-state index contributed by atoms with van der Waals surface area (Å²) in [7, 11) is 0. The normalized spacial score (nSPS) is 20.7. The summed E-state index contributed by atoms with van der Waals surface area (Å²) < 4.78 is 5.47. The lowest BCUT2D eigenvalue weighted by Crippen LogP contribution is -2.45. The summed E-state index contributed by atoms with van der Waals surface area (Å²) in [5.74, 6) is 0. The molecule has 0 bridgehead atoms. The Bertz CT molecular complexity index is 378. The zero-order valence-corrected chi connectivity index (χ0v) is 11.6. The molecule has 0 amide bonds. The first-order valence-corrected chi connectivity index (χ1v) is 6.72. The maximum Gasteiger partial charge on any atom is 0.0637 e. The fourth-order valence-electron chi connectivity index (χ4n) is 2.28. The Balaban J connectivity index is 2.00. The zero-order valence-electron chi connectivity index (χ0n) is 11.6. The monoisotopic (exact) mass is 248 g/mol. The van der Waals surface area contributed by atoms with Crippen LogP contribution in [-0.2, 0) is 10.2 Å². The molecule has 0 saturated carbocycles. The molecular formula is C15H24N2O. The molecule has 1 fully saturated rings. The van der Waals surface area contributed by atoms with Gasteiger partial charge in [0.15, 0.2) is 0 Å². The average molecular weight is 248 g/mol. The van der Waals surface area contributed by atoms with Gasteiger partial charge in [-0.15, -0.1) is 0 Å². The molecule has 1 unspecified atom stereocenters. The van der Waals surface area contributed by atoms with Gasteiger partial charge in [-0.1, -0.05) is 39.0 Å². The molecule has 1 aromatic carbocycles. The van der Waals surface area contributed by atoms with Gasteiger partial charge in [-0.3, -0.25) is 0 Å². The van der Waals surface area contributed by atoms with Gasteiger partial charge in [-0.25, -0.2) is 0 Å². The zero-order chi connectivity index (χ0) is 13.0. The van der Waals surface area contributed by atoms with Crippen LogP contribution in [0.15, 0.2) is 24.3 Å². The maximum atomic E-state index is 5.47. The van der Waals surface area contributed by atoms with E-state index >= 15 is 0 Å². The van der Waals surface area contributed by atoms with Gasteiger partial charge >= 0.3 is 0 Å². The van der Waals surface area contributed by atoms with Gasteiger partial charge in [0, 0.05) is 24.8 Å². The molecule has 18 heavy (non-hydrogen) atoms. The summed E-state index contributed by atoms with van der Waals surface area (Å²) in [6.45, 7) is 10.2. The third kappa shape index (κ3) is 3.47. The van der Waals surface area contributed by atoms with E-state index in [-0.39, 0.29) is 5.41 Å². The molecule has 1 aromatic rings. The highest BCUT2D eigenvalue weighted by molar-refractivity contribution is 5.54. The Hall–Kier alpha value is -1.06. The maximum absolute atomic E-state index is 5.47. The highest BCUT2D eigenvalue weighted by Gasteiger charge is 2.18. The van der Waals surface area contributed by atoms with Crippen LogP contribution in [0.25, 0.3) is 0 Å². The van der Waals surface area contributed by atoms with Crippen molar-refractivity contribution in [3.05, 3.63) is 29.8 Å². The molecule has 100 valence electrons. The van der Waals surface area contributed by atoms with E-state index in [0.717, 1.165) is 26.3 Å². The molecule has 1 saturated heterocycles. The lowest BCUT2D eigenvalue weighted by atomic mass is 9.86. The van der Waals surface area contributed by atoms with Crippen molar-refractivity contribution in [3.63, 3.8) is 0 Å². The average Bonchev–Trinajstić information content (AvgIpc) is 2.37. The van der Waals surface area contributed by atoms with Crippen LogP contribution in [0.4, 0.5) is 5.69 Å². The summed E-state index contributed by atoms with van der Waals surface area (Å²) in [5, 5.41) is 7.01. The lowest BCUT2D eigenvalue weighted by Gasteiger charge is -2.27. The minimum atomic E-state index is 0.167. The van der Waals surface area contributed by atoms with Crippen molar-refractivity contribution in [2.24, 2.45) is 0 Å². The number of rotatable bonds is 3. The minimum Gasteiger partial charge on any atom is -0.383 e. The fourth-order valence-corrected chi connectivity index (χ4v) is 2.28. The van der Waals surface area contributed by atoms with E-state index < -0.39 is 0 Å². The molecule has 2 N–H and O–H groups in total. The number of morpholine rings is 1. The van der Waals surface area contributed by atoms with E-state index in [1.165, 1.54) is 11.3 Å². The number of hydrogen-bond donors (Lipinski definition) is 2. The van der Waals surface area contributed by atoms with E-state index in [1.807, 2.05) is 0 Å². The number of anilines is 1. The SMILES string of the molecule is CC(C)(C)c1ccccc1NCC1COCCN1. The van der Waals surface area contributed by atoms with Crippen LogP contribution in [0.1, 0.15) is 26.3 Å². The van der Waals surface area contributed by atoms with Crippen LogP contribution in [0.3, 0.4) is 0 Å². The largest absolute Gasteiger partial charge is 0.383 e. The van der Waals surface area contributed by atoms with Crippen molar-refractivity contribution < 1.29 is 4.74 Å². The number of benzene rings is 1. The van der Waals surface area contributed by atoms with Crippen molar-refractivity contribution in [2.75, 3.05) is 31.6 Å². The van der Waals surface area contributed by atoms with Crippen LogP contribution in [-0.4, -0.2) is 32.3 Å². The van der Waals surface area contributed by atoms with Gasteiger partial charge in [0.25, 0.3) is 0 Å². The van der Waals surface area contributed by atoms with Crippen LogP contribution >= 0.6 is 0 Å². The molecule has 2 rings (SSSR count). The molecule has 0 aromatic heterocycles. The first-order valence-electron chi connectivity index (χ1n) is 6.72. The van der Waals surface area contributed by atoms with Gasteiger partial charge < -0.3 is 15.4 Å². The smallest absolute Gasteiger partial charge is 0.0637 e. The van der Waals surface area contributed by atoms with Crippen molar-refractivity contribution >= 4 is 5.69 Å². The predicted octanol–water partition coefficient (Wildman–Crippen LogP) is 2.38. The number of nitrogens with one attached hydrogen (secondary N) is 2. The van der Waals surface area contributed by atoms with E-state index in [9.17, 15) is 0 Å². The molecule has 0 radical (unpaired) electrons. The number of hydrogen-bond acceptors (Lipinski definition) is 3. The standard InChI is InChI=1S/C15H24N2O/c1-15(2,3)13-6-4-5-7-14(13)17-10-12-11-18-9-8-16-12/h4-7,12,16-17H,8-11H2,1-3H3. The van der Waals surface area contributed by atoms with Crippen LogP contribution in [0.5, 0.6) is 0 Å². The second kappa shape index (κ2) is 5.72. The molecule has 0 spiro atoms. The molecule has 0 aliphatic carbocycles. The highest BCUT2D eigenvalue weighted by Crippen LogP contribution is 2.29. The number of para-hydroxylation sites is 1. The summed E-state index contributed by atoms with van der Waals surface area (Å²) in [5.41, 5.74) is 2.76. The van der Waals surface area contributed by atoms with Crippen molar-refractivity contribution in [1.82, 2.24) is 5.32 Å². The van der Waals surface area contributed by atoms with Gasteiger partial charge in [-0.2, -0.15) is 0 Å². The van der Waals surface area contributed by atoms with E-state index in [4.69, 9.17) is 4.74 Å². The second-order valence-corrected chi connectivity index (χ2v) is 5.90. The predicted molar refractivity (Wildman–Crippen MR) is 76.2 cm³/mol. The van der Waals surface area contributed by atoms with Crippen LogP contribution in [0.2, 0.25) is 0 Å². The third-order valence-corrected chi connectivity index (χ3v) is 3.27. The van der Waals surface area contributed by atoms with Crippen molar-refractivity contribution in [2.45, 2.75) is 32.2 Å². The Morgan fingerprint density at radius 3 is 2.78 bits per heavy atom. The van der Waals surface area contributed by atoms with Crippen molar-refractivity contribution in [3.8, 4) is 0 Å². The topological polar surface area (TPSA) is 33.3 Å². The molecule has 1 atom stereocenters. The molecule has 3 nitrogen and oxygen atoms in total. The third-order valence-electron chi connectivity index (χ3n) is 3.27. The molecule has 1 heterocycles. The highest BCUT2D eigenvalue weighted by atomic mass is 16.5.